The minimum atomic E-state index is -0.710. The van der Waals surface area contributed by atoms with E-state index in [1.165, 1.54) is 7.11 Å². The van der Waals surface area contributed by atoms with E-state index in [0.29, 0.717) is 18.6 Å². The van der Waals surface area contributed by atoms with Crippen LogP contribution in [0.25, 0.3) is 0 Å². The molecule has 15 heavy (non-hydrogen) atoms. The second kappa shape index (κ2) is 5.14. The highest BCUT2D eigenvalue weighted by molar-refractivity contribution is 5.88. The molecule has 0 saturated carbocycles. The van der Waals surface area contributed by atoms with Crippen LogP contribution in [0.3, 0.4) is 0 Å². The predicted octanol–water partition coefficient (Wildman–Crippen LogP) is 0.102. The van der Waals surface area contributed by atoms with Gasteiger partial charge < -0.3 is 19.5 Å². The summed E-state index contributed by atoms with van der Waals surface area (Å²) in [4.78, 5) is 12.9. The number of aliphatic hydroxyl groups is 1. The summed E-state index contributed by atoms with van der Waals surface area (Å²) in [6, 6.07) is 0. The molecule has 0 radical (unpaired) electrons. The second-order valence-electron chi connectivity index (χ2n) is 3.42. The first-order chi connectivity index (χ1) is 7.10. The van der Waals surface area contributed by atoms with E-state index in [4.69, 9.17) is 4.74 Å². The molecule has 0 aliphatic carbocycles. The summed E-state index contributed by atoms with van der Waals surface area (Å²) in [7, 11) is 3.03. The van der Waals surface area contributed by atoms with Crippen LogP contribution in [-0.2, 0) is 14.3 Å². The van der Waals surface area contributed by atoms with Crippen LogP contribution in [-0.4, -0.2) is 49.1 Å². The SMILES string of the molecule is CCOC1CC(C(=O)OC)=CN(C)C1O. The Kier molecular flexibility index (Phi) is 4.11. The minimum absolute atomic E-state index is 0.376. The largest absolute Gasteiger partial charge is 0.466 e. The lowest BCUT2D eigenvalue weighted by Crippen LogP contribution is -2.44. The summed E-state index contributed by atoms with van der Waals surface area (Å²) in [5.74, 6) is -0.376. The highest BCUT2D eigenvalue weighted by atomic mass is 16.5. The highest BCUT2D eigenvalue weighted by Crippen LogP contribution is 2.21. The maximum absolute atomic E-state index is 11.3. The fourth-order valence-electron chi connectivity index (χ4n) is 1.59. The van der Waals surface area contributed by atoms with Crippen LogP contribution >= 0.6 is 0 Å². The highest BCUT2D eigenvalue weighted by Gasteiger charge is 2.30. The van der Waals surface area contributed by atoms with Gasteiger partial charge in [-0.05, 0) is 6.92 Å². The lowest BCUT2D eigenvalue weighted by molar-refractivity contribution is -0.139. The van der Waals surface area contributed by atoms with Crippen LogP contribution < -0.4 is 0 Å². The van der Waals surface area contributed by atoms with Gasteiger partial charge >= 0.3 is 5.97 Å². The molecule has 1 aliphatic heterocycles. The molecule has 0 spiro atoms. The topological polar surface area (TPSA) is 59.0 Å². The molecule has 86 valence electrons. The third kappa shape index (κ3) is 2.70. The summed E-state index contributed by atoms with van der Waals surface area (Å²) in [5, 5.41) is 9.75. The van der Waals surface area contributed by atoms with Gasteiger partial charge in [-0.25, -0.2) is 4.79 Å². The molecule has 5 heteroatoms. The normalized spacial score (nSPS) is 26.1. The Bertz CT molecular complexity index is 264. The predicted molar refractivity (Wildman–Crippen MR) is 53.9 cm³/mol. The molecule has 5 nitrogen and oxygen atoms in total. The van der Waals surface area contributed by atoms with Gasteiger partial charge in [-0.2, -0.15) is 0 Å². The van der Waals surface area contributed by atoms with Crippen molar-refractivity contribution in [1.29, 1.82) is 0 Å². The lowest BCUT2D eigenvalue weighted by atomic mass is 10.0. The van der Waals surface area contributed by atoms with E-state index in [2.05, 4.69) is 4.74 Å². The minimum Gasteiger partial charge on any atom is -0.466 e. The van der Waals surface area contributed by atoms with E-state index in [-0.39, 0.29) is 12.1 Å². The zero-order valence-corrected chi connectivity index (χ0v) is 9.27. The van der Waals surface area contributed by atoms with Crippen molar-refractivity contribution in [3.63, 3.8) is 0 Å². The number of hydrogen-bond acceptors (Lipinski definition) is 5. The van der Waals surface area contributed by atoms with Crippen molar-refractivity contribution in [3.8, 4) is 0 Å². The zero-order chi connectivity index (χ0) is 11.4. The Labute approximate surface area is 89.3 Å². The van der Waals surface area contributed by atoms with E-state index >= 15 is 0 Å². The number of carbonyl (C=O) groups is 1. The van der Waals surface area contributed by atoms with Crippen LogP contribution in [0.4, 0.5) is 0 Å². The summed E-state index contributed by atoms with van der Waals surface area (Å²) < 4.78 is 9.98. The quantitative estimate of drug-likeness (QED) is 0.677. The van der Waals surface area contributed by atoms with Crippen molar-refractivity contribution in [2.75, 3.05) is 20.8 Å². The molecule has 1 rings (SSSR count). The molecule has 2 unspecified atom stereocenters. The van der Waals surface area contributed by atoms with Crippen molar-refractivity contribution < 1.29 is 19.4 Å². The lowest BCUT2D eigenvalue weighted by Gasteiger charge is -2.34. The number of ether oxygens (including phenoxy) is 2. The standard InChI is InChI=1S/C10H17NO4/c1-4-15-8-5-7(10(13)14-3)6-11(2)9(8)12/h6,8-9,12H,4-5H2,1-3H3. The molecule has 0 aromatic heterocycles. The summed E-state index contributed by atoms with van der Waals surface area (Å²) in [6.07, 6.45) is 0.885. The maximum Gasteiger partial charge on any atom is 0.335 e. The number of nitrogens with zero attached hydrogens (tertiary/aromatic N) is 1. The van der Waals surface area contributed by atoms with Crippen molar-refractivity contribution in [1.82, 2.24) is 4.90 Å². The van der Waals surface area contributed by atoms with Gasteiger partial charge in [0.05, 0.1) is 12.7 Å². The third-order valence-corrected chi connectivity index (χ3v) is 2.36. The molecule has 1 heterocycles. The van der Waals surface area contributed by atoms with Crippen LogP contribution in [0, 0.1) is 0 Å². The molecule has 0 bridgehead atoms. The Balaban J connectivity index is 2.76. The number of methoxy groups -OCH3 is 1. The molecule has 0 aromatic rings. The van der Waals surface area contributed by atoms with Crippen molar-refractivity contribution in [3.05, 3.63) is 11.8 Å². The fraction of sp³-hybridized carbons (Fsp3) is 0.700. The van der Waals surface area contributed by atoms with E-state index in [9.17, 15) is 9.90 Å². The van der Waals surface area contributed by atoms with Gasteiger partial charge in [0.15, 0.2) is 6.23 Å². The molecule has 1 N–H and O–H groups in total. The fourth-order valence-corrected chi connectivity index (χ4v) is 1.59. The monoisotopic (exact) mass is 215 g/mol. The van der Waals surface area contributed by atoms with Crippen LogP contribution in [0.5, 0.6) is 0 Å². The molecule has 0 fully saturated rings. The van der Waals surface area contributed by atoms with Gasteiger partial charge in [0.25, 0.3) is 0 Å². The Hall–Kier alpha value is -1.07. The van der Waals surface area contributed by atoms with Crippen molar-refractivity contribution in [2.24, 2.45) is 0 Å². The average Bonchev–Trinajstić information content (AvgIpc) is 2.23. The van der Waals surface area contributed by atoms with Crippen LogP contribution in [0.2, 0.25) is 0 Å². The van der Waals surface area contributed by atoms with Gasteiger partial charge in [0.1, 0.15) is 6.10 Å². The van der Waals surface area contributed by atoms with E-state index < -0.39 is 6.23 Å². The molecule has 0 aromatic carbocycles. The van der Waals surface area contributed by atoms with Gasteiger partial charge in [-0.3, -0.25) is 0 Å². The number of esters is 1. The van der Waals surface area contributed by atoms with Gasteiger partial charge in [-0.15, -0.1) is 0 Å². The molecule has 0 amide bonds. The molecule has 0 saturated heterocycles. The van der Waals surface area contributed by atoms with Gasteiger partial charge in [-0.1, -0.05) is 0 Å². The number of carbonyl (C=O) groups excluding carboxylic acids is 1. The van der Waals surface area contributed by atoms with E-state index in [1.54, 1.807) is 18.1 Å². The maximum atomic E-state index is 11.3. The van der Waals surface area contributed by atoms with E-state index in [1.807, 2.05) is 6.92 Å². The van der Waals surface area contributed by atoms with E-state index in [0.717, 1.165) is 0 Å². The smallest absolute Gasteiger partial charge is 0.335 e. The number of hydrogen-bond donors (Lipinski definition) is 1. The Morgan fingerprint density at radius 1 is 1.73 bits per heavy atom. The summed E-state index contributed by atoms with van der Waals surface area (Å²) in [6.45, 7) is 2.35. The van der Waals surface area contributed by atoms with Crippen molar-refractivity contribution >= 4 is 5.97 Å². The molecular formula is C10H17NO4. The van der Waals surface area contributed by atoms with Crippen molar-refractivity contribution in [2.45, 2.75) is 25.7 Å². The zero-order valence-electron chi connectivity index (χ0n) is 9.27. The Morgan fingerprint density at radius 2 is 2.40 bits per heavy atom. The number of likely N-dealkylation sites (N-methyl/N-ethyl adjacent to an activating group) is 1. The first-order valence-electron chi connectivity index (χ1n) is 4.90. The number of aliphatic hydroxyl groups excluding tert-OH is 1. The molecule has 2 atom stereocenters. The van der Waals surface area contributed by atoms with Gasteiger partial charge in [0, 0.05) is 26.3 Å². The first kappa shape index (κ1) is 12.0. The third-order valence-electron chi connectivity index (χ3n) is 2.36. The second-order valence-corrected chi connectivity index (χ2v) is 3.42. The average molecular weight is 215 g/mol. The van der Waals surface area contributed by atoms with Crippen LogP contribution in [0.15, 0.2) is 11.8 Å². The summed E-state index contributed by atoms with van der Waals surface area (Å²) >= 11 is 0. The van der Waals surface area contributed by atoms with Gasteiger partial charge in [0.2, 0.25) is 0 Å². The van der Waals surface area contributed by atoms with Crippen LogP contribution in [0.1, 0.15) is 13.3 Å². The Morgan fingerprint density at radius 3 is 2.93 bits per heavy atom. The summed E-state index contributed by atoms with van der Waals surface area (Å²) in [5.41, 5.74) is 0.517. The molecular weight excluding hydrogens is 198 g/mol. The number of rotatable bonds is 3. The molecule has 1 aliphatic rings. The first-order valence-corrected chi connectivity index (χ1v) is 4.90.